The molecule has 0 atom stereocenters. The molecule has 1 aromatic heterocycles. The number of rotatable bonds is 10. The minimum absolute atomic E-state index is 0.414. The van der Waals surface area contributed by atoms with Crippen LogP contribution in [0, 0.1) is 6.92 Å². The second kappa shape index (κ2) is 10.3. The first-order valence-electron chi connectivity index (χ1n) is 9.72. The van der Waals surface area contributed by atoms with Crippen LogP contribution in [0.15, 0.2) is 36.4 Å². The highest BCUT2D eigenvalue weighted by Gasteiger charge is 2.10. The fourth-order valence-electron chi connectivity index (χ4n) is 3.03. The van der Waals surface area contributed by atoms with E-state index >= 15 is 0 Å². The molecular weight excluding hydrogens is 398 g/mol. The first kappa shape index (κ1) is 21.9. The van der Waals surface area contributed by atoms with Crippen LogP contribution >= 0.6 is 0 Å². The Balaban J connectivity index is 1.71. The zero-order chi connectivity index (χ0) is 22.2. The molecule has 3 aromatic rings. The normalized spacial score (nSPS) is 10.4. The Kier molecular flexibility index (Phi) is 7.31. The van der Waals surface area contributed by atoms with Gasteiger partial charge in [0.05, 0.1) is 34.1 Å². The highest BCUT2D eigenvalue weighted by atomic mass is 16.5. The van der Waals surface area contributed by atoms with E-state index in [1.54, 1.807) is 34.5 Å². The van der Waals surface area contributed by atoms with Gasteiger partial charge in [-0.15, -0.1) is 0 Å². The number of hydrogen-bond acceptors (Lipinski definition) is 9. The summed E-state index contributed by atoms with van der Waals surface area (Å²) in [4.78, 5) is 13.2. The summed E-state index contributed by atoms with van der Waals surface area (Å²) in [5.41, 5.74) is 1.75. The minimum Gasteiger partial charge on any atom is -0.497 e. The van der Waals surface area contributed by atoms with Crippen molar-refractivity contribution in [2.24, 2.45) is 0 Å². The summed E-state index contributed by atoms with van der Waals surface area (Å²) in [7, 11) is 6.50. The van der Waals surface area contributed by atoms with Gasteiger partial charge in [0, 0.05) is 12.6 Å². The van der Waals surface area contributed by atoms with Crippen molar-refractivity contribution in [1.82, 2.24) is 15.0 Å². The molecule has 3 rings (SSSR count). The van der Waals surface area contributed by atoms with Crippen molar-refractivity contribution in [1.29, 1.82) is 0 Å². The topological polar surface area (TPSA) is 99.7 Å². The van der Waals surface area contributed by atoms with Crippen molar-refractivity contribution in [2.45, 2.75) is 13.3 Å². The van der Waals surface area contributed by atoms with Crippen LogP contribution in [0.5, 0.6) is 23.0 Å². The number of methoxy groups -OCH3 is 4. The average Bonchev–Trinajstić information content (AvgIpc) is 2.78. The predicted molar refractivity (Wildman–Crippen MR) is 119 cm³/mol. The van der Waals surface area contributed by atoms with Gasteiger partial charge in [0.15, 0.2) is 0 Å². The van der Waals surface area contributed by atoms with Crippen molar-refractivity contribution >= 4 is 17.6 Å². The molecule has 0 amide bonds. The number of nitrogens with zero attached hydrogens (tertiary/aromatic N) is 3. The van der Waals surface area contributed by atoms with E-state index < -0.39 is 0 Å². The van der Waals surface area contributed by atoms with Crippen LogP contribution in [0.25, 0.3) is 0 Å². The Morgan fingerprint density at radius 2 is 1.42 bits per heavy atom. The Morgan fingerprint density at radius 3 is 2.13 bits per heavy atom. The summed E-state index contributed by atoms with van der Waals surface area (Å²) in [5, 5.41) is 6.42. The van der Waals surface area contributed by atoms with Gasteiger partial charge in [-0.1, -0.05) is 0 Å². The van der Waals surface area contributed by atoms with Gasteiger partial charge in [-0.2, -0.15) is 15.0 Å². The van der Waals surface area contributed by atoms with Crippen molar-refractivity contribution in [3.8, 4) is 23.0 Å². The van der Waals surface area contributed by atoms with Crippen LogP contribution in [0.4, 0.5) is 17.6 Å². The van der Waals surface area contributed by atoms with Crippen LogP contribution < -0.4 is 29.6 Å². The van der Waals surface area contributed by atoms with Gasteiger partial charge in [-0.05, 0) is 49.2 Å². The predicted octanol–water partition coefficient (Wildman–Crippen LogP) is 3.61. The van der Waals surface area contributed by atoms with Gasteiger partial charge in [0.1, 0.15) is 28.8 Å². The first-order chi connectivity index (χ1) is 15.1. The number of benzene rings is 2. The van der Waals surface area contributed by atoms with Gasteiger partial charge in [-0.3, -0.25) is 0 Å². The SMILES string of the molecule is COc1ccc(OC)c(CCNc2nc(C)nc(Nc3ccc(OC)cc3OC)n2)c1. The fourth-order valence-corrected chi connectivity index (χ4v) is 3.03. The minimum atomic E-state index is 0.414. The van der Waals surface area contributed by atoms with E-state index in [0.717, 1.165) is 22.7 Å². The lowest BCUT2D eigenvalue weighted by molar-refractivity contribution is 0.395. The number of ether oxygens (including phenoxy) is 4. The standard InChI is InChI=1S/C22H27N5O4/c1-14-24-21(23-11-10-15-12-16(28-2)7-9-19(15)30-4)27-22(25-14)26-18-8-6-17(29-3)13-20(18)31-5/h6-9,12-13H,10-11H2,1-5H3,(H2,23,24,25,26,27). The number of hydrogen-bond donors (Lipinski definition) is 2. The first-order valence-corrected chi connectivity index (χ1v) is 9.72. The second-order valence-electron chi connectivity index (χ2n) is 6.58. The van der Waals surface area contributed by atoms with E-state index in [4.69, 9.17) is 18.9 Å². The molecule has 0 saturated carbocycles. The lowest BCUT2D eigenvalue weighted by Crippen LogP contribution is -2.11. The van der Waals surface area contributed by atoms with E-state index in [2.05, 4.69) is 25.6 Å². The number of aryl methyl sites for hydroxylation is 1. The van der Waals surface area contributed by atoms with Crippen LogP contribution in [-0.2, 0) is 6.42 Å². The van der Waals surface area contributed by atoms with E-state index in [-0.39, 0.29) is 0 Å². The third-order valence-corrected chi connectivity index (χ3v) is 4.57. The molecule has 164 valence electrons. The molecule has 0 bridgehead atoms. The Morgan fingerprint density at radius 1 is 0.742 bits per heavy atom. The van der Waals surface area contributed by atoms with Crippen LogP contribution in [0.2, 0.25) is 0 Å². The molecule has 1 heterocycles. The van der Waals surface area contributed by atoms with E-state index in [9.17, 15) is 0 Å². The van der Waals surface area contributed by atoms with Crippen LogP contribution in [0.3, 0.4) is 0 Å². The zero-order valence-corrected chi connectivity index (χ0v) is 18.4. The summed E-state index contributed by atoms with van der Waals surface area (Å²) in [6.07, 6.45) is 0.709. The van der Waals surface area contributed by atoms with E-state index in [0.29, 0.717) is 42.2 Å². The maximum Gasteiger partial charge on any atom is 0.232 e. The maximum absolute atomic E-state index is 5.44. The summed E-state index contributed by atoms with van der Waals surface area (Å²) >= 11 is 0. The van der Waals surface area contributed by atoms with Crippen molar-refractivity contribution in [3.05, 3.63) is 47.8 Å². The van der Waals surface area contributed by atoms with Gasteiger partial charge < -0.3 is 29.6 Å². The molecule has 0 spiro atoms. The molecule has 0 radical (unpaired) electrons. The van der Waals surface area contributed by atoms with Gasteiger partial charge in [0.25, 0.3) is 0 Å². The van der Waals surface area contributed by atoms with E-state index in [1.807, 2.05) is 37.3 Å². The quantitative estimate of drug-likeness (QED) is 0.504. The molecule has 0 unspecified atom stereocenters. The zero-order valence-electron chi connectivity index (χ0n) is 18.4. The highest BCUT2D eigenvalue weighted by Crippen LogP contribution is 2.30. The lowest BCUT2D eigenvalue weighted by atomic mass is 10.1. The third kappa shape index (κ3) is 5.65. The molecule has 0 aliphatic carbocycles. The maximum atomic E-state index is 5.44. The molecule has 0 fully saturated rings. The molecule has 0 aliphatic heterocycles. The summed E-state index contributed by atoms with van der Waals surface area (Å²) < 4.78 is 21.4. The Labute approximate surface area is 181 Å². The average molecular weight is 425 g/mol. The molecule has 2 N–H and O–H groups in total. The van der Waals surface area contributed by atoms with Gasteiger partial charge in [0.2, 0.25) is 11.9 Å². The molecule has 9 nitrogen and oxygen atoms in total. The molecule has 2 aromatic carbocycles. The number of nitrogens with one attached hydrogen (secondary N) is 2. The fraction of sp³-hybridized carbons (Fsp3) is 0.318. The molecule has 0 saturated heterocycles. The lowest BCUT2D eigenvalue weighted by Gasteiger charge is -2.13. The molecule has 0 aliphatic rings. The summed E-state index contributed by atoms with van der Waals surface area (Å²) in [5.74, 6) is 4.39. The molecule has 31 heavy (non-hydrogen) atoms. The van der Waals surface area contributed by atoms with Gasteiger partial charge in [-0.25, -0.2) is 0 Å². The number of anilines is 3. The van der Waals surface area contributed by atoms with E-state index in [1.165, 1.54) is 0 Å². The van der Waals surface area contributed by atoms with Crippen LogP contribution in [-0.4, -0.2) is 49.9 Å². The van der Waals surface area contributed by atoms with Crippen molar-refractivity contribution in [3.63, 3.8) is 0 Å². The second-order valence-corrected chi connectivity index (χ2v) is 6.58. The highest BCUT2D eigenvalue weighted by molar-refractivity contribution is 5.64. The third-order valence-electron chi connectivity index (χ3n) is 4.57. The van der Waals surface area contributed by atoms with Gasteiger partial charge >= 0.3 is 0 Å². The Bertz CT molecular complexity index is 1030. The molecule has 9 heteroatoms. The van der Waals surface area contributed by atoms with Crippen LogP contribution in [0.1, 0.15) is 11.4 Å². The van der Waals surface area contributed by atoms with Crippen molar-refractivity contribution in [2.75, 3.05) is 45.6 Å². The Hall–Kier alpha value is -3.75. The largest absolute Gasteiger partial charge is 0.497 e. The summed E-state index contributed by atoms with van der Waals surface area (Å²) in [6.45, 7) is 2.42. The monoisotopic (exact) mass is 425 g/mol. The molecular formula is C22H27N5O4. The number of aromatic nitrogens is 3. The summed E-state index contributed by atoms with van der Waals surface area (Å²) in [6, 6.07) is 11.2. The smallest absolute Gasteiger partial charge is 0.232 e. The van der Waals surface area contributed by atoms with Crippen molar-refractivity contribution < 1.29 is 18.9 Å².